The summed E-state index contributed by atoms with van der Waals surface area (Å²) in [6, 6.07) is 18.1. The first-order valence-electron chi connectivity index (χ1n) is 8.97. The molecule has 0 aliphatic carbocycles. The topological polar surface area (TPSA) is 67.2 Å². The minimum atomic E-state index is -0.232. The van der Waals surface area contributed by atoms with Crippen molar-refractivity contribution in [1.82, 2.24) is 15.6 Å². The maximum atomic E-state index is 11.9. The van der Waals surface area contributed by atoms with Gasteiger partial charge in [-0.2, -0.15) is 5.10 Å². The highest BCUT2D eigenvalue weighted by Gasteiger charge is 2.08. The molecule has 154 valence electrons. The normalized spacial score (nSPS) is 11.7. The zero-order valence-corrected chi connectivity index (χ0v) is 19.3. The van der Waals surface area contributed by atoms with E-state index in [1.54, 1.807) is 17.8 Å². The summed E-state index contributed by atoms with van der Waals surface area (Å²) in [5.41, 5.74) is 5.91. The summed E-state index contributed by atoms with van der Waals surface area (Å²) in [6.07, 6.45) is 3.17. The molecule has 5 nitrogen and oxygen atoms in total. The number of aromatic nitrogens is 2. The molecule has 0 atom stereocenters. The predicted octanol–water partition coefficient (Wildman–Crippen LogP) is 5.61. The van der Waals surface area contributed by atoms with Gasteiger partial charge in [0.25, 0.3) is 5.91 Å². The quantitative estimate of drug-likeness (QED) is 0.248. The second kappa shape index (κ2) is 11.9. The monoisotopic (exact) mass is 474 g/mol. The number of amides is 1. The molecule has 0 radical (unpaired) electrons. The minimum absolute atomic E-state index is 0.203. The molecule has 0 fully saturated rings. The first kappa shape index (κ1) is 22.6. The molecule has 30 heavy (non-hydrogen) atoms. The van der Waals surface area contributed by atoms with Gasteiger partial charge in [0.15, 0.2) is 8.68 Å². The third-order valence-corrected chi connectivity index (χ3v) is 7.15. The number of rotatable bonds is 9. The lowest BCUT2D eigenvalue weighted by atomic mass is 10.2. The SMILES string of the molecule is Cc1ccc(CSc2nnc(SCC(=O)N/N=C\C(Cl)=C/c3ccccc3)s2)cc1. The first-order chi connectivity index (χ1) is 14.6. The van der Waals surface area contributed by atoms with Crippen LogP contribution in [0, 0.1) is 6.92 Å². The second-order valence-electron chi connectivity index (χ2n) is 6.13. The maximum absolute atomic E-state index is 11.9. The van der Waals surface area contributed by atoms with E-state index in [1.807, 2.05) is 30.3 Å². The second-order valence-corrected chi connectivity index (χ2v) is 9.99. The van der Waals surface area contributed by atoms with Gasteiger partial charge in [-0.1, -0.05) is 107 Å². The van der Waals surface area contributed by atoms with Gasteiger partial charge in [0.2, 0.25) is 0 Å². The van der Waals surface area contributed by atoms with Crippen LogP contribution in [0.3, 0.4) is 0 Å². The molecule has 0 aliphatic heterocycles. The lowest BCUT2D eigenvalue weighted by molar-refractivity contribution is -0.118. The van der Waals surface area contributed by atoms with E-state index >= 15 is 0 Å². The summed E-state index contributed by atoms with van der Waals surface area (Å²) in [6.45, 7) is 2.07. The third kappa shape index (κ3) is 7.95. The molecule has 0 spiro atoms. The molecular formula is C21H19ClN4OS3. The highest BCUT2D eigenvalue weighted by Crippen LogP contribution is 2.30. The number of carbonyl (C=O) groups excluding carboxylic acids is 1. The summed E-state index contributed by atoms with van der Waals surface area (Å²) in [4.78, 5) is 11.9. The average molecular weight is 475 g/mol. The van der Waals surface area contributed by atoms with Gasteiger partial charge in [0.1, 0.15) is 0 Å². The van der Waals surface area contributed by atoms with Crippen molar-refractivity contribution in [1.29, 1.82) is 0 Å². The molecule has 0 aliphatic rings. The Kier molecular flexibility index (Phi) is 8.95. The standard InChI is InChI=1S/C21H19ClN4OS3/c1-15-7-9-17(10-8-15)13-28-20-25-26-21(30-20)29-14-19(27)24-23-12-18(22)11-16-5-3-2-4-6-16/h2-12H,13-14H2,1H3,(H,24,27)/b18-11+,23-12-. The van der Waals surface area contributed by atoms with Crippen molar-refractivity contribution in [2.75, 3.05) is 5.75 Å². The number of hydrogen-bond donors (Lipinski definition) is 1. The molecule has 0 unspecified atom stereocenters. The number of carbonyl (C=O) groups is 1. The van der Waals surface area contributed by atoms with Gasteiger partial charge >= 0.3 is 0 Å². The number of nitrogens with zero attached hydrogens (tertiary/aromatic N) is 3. The Balaban J connectivity index is 1.39. The molecule has 3 rings (SSSR count). The predicted molar refractivity (Wildman–Crippen MR) is 128 cm³/mol. The van der Waals surface area contributed by atoms with Crippen LogP contribution in [0.25, 0.3) is 6.08 Å². The molecular weight excluding hydrogens is 456 g/mol. The fourth-order valence-electron chi connectivity index (χ4n) is 2.21. The summed E-state index contributed by atoms with van der Waals surface area (Å²) in [7, 11) is 0. The van der Waals surface area contributed by atoms with Gasteiger partial charge in [0, 0.05) is 5.75 Å². The zero-order chi connectivity index (χ0) is 21.2. The molecule has 0 saturated carbocycles. The van der Waals surface area contributed by atoms with Crippen molar-refractivity contribution in [3.8, 4) is 0 Å². The lowest BCUT2D eigenvalue weighted by Gasteiger charge is -1.99. The van der Waals surface area contributed by atoms with Crippen LogP contribution in [0.4, 0.5) is 0 Å². The Bertz CT molecular complexity index is 1020. The van der Waals surface area contributed by atoms with Crippen LogP contribution in [0.15, 0.2) is 73.4 Å². The van der Waals surface area contributed by atoms with Crippen LogP contribution >= 0.6 is 46.5 Å². The third-order valence-electron chi connectivity index (χ3n) is 3.68. The van der Waals surface area contributed by atoms with Crippen LogP contribution in [0.2, 0.25) is 0 Å². The van der Waals surface area contributed by atoms with Gasteiger partial charge in [-0.15, -0.1) is 10.2 Å². The summed E-state index contributed by atoms with van der Waals surface area (Å²) in [5.74, 6) is 0.810. The van der Waals surface area contributed by atoms with Crippen molar-refractivity contribution in [2.24, 2.45) is 5.10 Å². The van der Waals surface area contributed by atoms with E-state index in [-0.39, 0.29) is 11.7 Å². The Morgan fingerprint density at radius 2 is 1.80 bits per heavy atom. The van der Waals surface area contributed by atoms with Crippen molar-refractivity contribution in [2.45, 2.75) is 21.4 Å². The Morgan fingerprint density at radius 3 is 2.53 bits per heavy atom. The number of benzene rings is 2. The molecule has 2 aromatic carbocycles. The van der Waals surface area contributed by atoms with Crippen LogP contribution < -0.4 is 5.43 Å². The van der Waals surface area contributed by atoms with E-state index in [9.17, 15) is 4.79 Å². The van der Waals surface area contributed by atoms with Gasteiger partial charge in [-0.25, -0.2) is 5.43 Å². The van der Waals surface area contributed by atoms with E-state index in [2.05, 4.69) is 51.9 Å². The molecule has 1 heterocycles. The Morgan fingerprint density at radius 1 is 1.10 bits per heavy atom. The highest BCUT2D eigenvalue weighted by molar-refractivity contribution is 8.03. The summed E-state index contributed by atoms with van der Waals surface area (Å²) >= 11 is 10.5. The molecule has 1 aromatic heterocycles. The van der Waals surface area contributed by atoms with Crippen LogP contribution in [0.1, 0.15) is 16.7 Å². The zero-order valence-electron chi connectivity index (χ0n) is 16.1. The Labute approximate surface area is 193 Å². The number of allylic oxidation sites excluding steroid dienone is 1. The molecule has 3 aromatic rings. The van der Waals surface area contributed by atoms with Crippen LogP contribution in [-0.2, 0) is 10.5 Å². The average Bonchev–Trinajstić information content (AvgIpc) is 3.20. The molecule has 1 N–H and O–H groups in total. The van der Waals surface area contributed by atoms with E-state index in [0.717, 1.165) is 20.0 Å². The van der Waals surface area contributed by atoms with Crippen LogP contribution in [-0.4, -0.2) is 28.1 Å². The van der Waals surface area contributed by atoms with Gasteiger partial charge in [0.05, 0.1) is 17.0 Å². The molecule has 0 bridgehead atoms. The number of thioether (sulfide) groups is 2. The minimum Gasteiger partial charge on any atom is -0.272 e. The van der Waals surface area contributed by atoms with E-state index in [0.29, 0.717) is 5.03 Å². The van der Waals surface area contributed by atoms with Crippen LogP contribution in [0.5, 0.6) is 0 Å². The van der Waals surface area contributed by atoms with Gasteiger partial charge in [-0.05, 0) is 24.1 Å². The molecule has 9 heteroatoms. The summed E-state index contributed by atoms with van der Waals surface area (Å²) < 4.78 is 1.64. The number of hydrazone groups is 1. The molecule has 1 amide bonds. The summed E-state index contributed by atoms with van der Waals surface area (Å²) in [5, 5.41) is 12.6. The van der Waals surface area contributed by atoms with E-state index in [1.165, 1.54) is 40.4 Å². The van der Waals surface area contributed by atoms with Crippen molar-refractivity contribution >= 4 is 64.7 Å². The van der Waals surface area contributed by atoms with Crippen molar-refractivity contribution < 1.29 is 4.79 Å². The number of nitrogens with one attached hydrogen (secondary N) is 1. The first-order valence-corrected chi connectivity index (χ1v) is 12.1. The number of halogens is 1. The fourth-order valence-corrected chi connectivity index (χ4v) is 5.16. The van der Waals surface area contributed by atoms with Gasteiger partial charge < -0.3 is 0 Å². The van der Waals surface area contributed by atoms with Crippen molar-refractivity contribution in [3.05, 3.63) is 76.3 Å². The fraction of sp³-hybridized carbons (Fsp3) is 0.143. The van der Waals surface area contributed by atoms with E-state index < -0.39 is 0 Å². The molecule has 0 saturated heterocycles. The Hall–Kier alpha value is -2.13. The van der Waals surface area contributed by atoms with Gasteiger partial charge in [-0.3, -0.25) is 4.79 Å². The van der Waals surface area contributed by atoms with Crippen molar-refractivity contribution in [3.63, 3.8) is 0 Å². The smallest absolute Gasteiger partial charge is 0.250 e. The lowest BCUT2D eigenvalue weighted by Crippen LogP contribution is -2.19. The maximum Gasteiger partial charge on any atom is 0.250 e. The highest BCUT2D eigenvalue weighted by atomic mass is 35.5. The number of aryl methyl sites for hydroxylation is 1. The largest absolute Gasteiger partial charge is 0.272 e. The van der Waals surface area contributed by atoms with E-state index in [4.69, 9.17) is 11.6 Å². The number of hydrogen-bond acceptors (Lipinski definition) is 7.